The van der Waals surface area contributed by atoms with Crippen LogP contribution in [0.15, 0.2) is 0 Å². The summed E-state index contributed by atoms with van der Waals surface area (Å²) in [6.07, 6.45) is 1.88. The van der Waals surface area contributed by atoms with E-state index in [1.807, 2.05) is 13.8 Å². The quantitative estimate of drug-likeness (QED) is 0.774. The predicted molar refractivity (Wildman–Crippen MR) is 75.5 cm³/mol. The highest BCUT2D eigenvalue weighted by Crippen LogP contribution is 2.17. The lowest BCUT2D eigenvalue weighted by molar-refractivity contribution is -0.142. The number of methoxy groups -OCH3 is 1. The van der Waals surface area contributed by atoms with Crippen LogP contribution in [0.4, 0.5) is 4.79 Å². The third-order valence-electron chi connectivity index (χ3n) is 3.90. The summed E-state index contributed by atoms with van der Waals surface area (Å²) in [5.74, 6) is -0.879. The largest absolute Gasteiger partial charge is 0.481 e. The van der Waals surface area contributed by atoms with Crippen molar-refractivity contribution in [3.05, 3.63) is 0 Å². The maximum Gasteiger partial charge on any atom is 0.317 e. The third-order valence-corrected chi connectivity index (χ3v) is 3.90. The van der Waals surface area contributed by atoms with E-state index in [1.165, 1.54) is 0 Å². The zero-order valence-corrected chi connectivity index (χ0v) is 12.6. The van der Waals surface area contributed by atoms with E-state index in [4.69, 9.17) is 9.84 Å². The number of urea groups is 1. The summed E-state index contributed by atoms with van der Waals surface area (Å²) < 4.78 is 5.12. The first-order valence-electron chi connectivity index (χ1n) is 7.20. The van der Waals surface area contributed by atoms with Crippen molar-refractivity contribution in [1.29, 1.82) is 0 Å². The maximum absolute atomic E-state index is 12.0. The molecule has 1 aliphatic heterocycles. The number of piperidine rings is 1. The van der Waals surface area contributed by atoms with E-state index in [0.29, 0.717) is 19.0 Å². The van der Waals surface area contributed by atoms with Crippen LogP contribution in [0.3, 0.4) is 0 Å². The van der Waals surface area contributed by atoms with Crippen molar-refractivity contribution in [1.82, 2.24) is 10.2 Å². The van der Waals surface area contributed by atoms with Crippen molar-refractivity contribution in [2.75, 3.05) is 33.4 Å². The van der Waals surface area contributed by atoms with Crippen molar-refractivity contribution in [2.24, 2.45) is 17.8 Å². The summed E-state index contributed by atoms with van der Waals surface area (Å²) in [6.45, 7) is 6.04. The van der Waals surface area contributed by atoms with E-state index in [9.17, 15) is 9.59 Å². The zero-order valence-electron chi connectivity index (χ0n) is 12.6. The highest BCUT2D eigenvalue weighted by atomic mass is 16.5. The second-order valence-electron chi connectivity index (χ2n) is 5.76. The molecule has 1 saturated heterocycles. The van der Waals surface area contributed by atoms with E-state index in [-0.39, 0.29) is 18.5 Å². The van der Waals surface area contributed by atoms with Gasteiger partial charge in [-0.2, -0.15) is 0 Å². The molecular formula is C14H26N2O4. The first-order valence-corrected chi connectivity index (χ1v) is 7.20. The normalized spacial score (nSPS) is 18.1. The van der Waals surface area contributed by atoms with Crippen LogP contribution in [0, 0.1) is 17.8 Å². The molecule has 1 unspecified atom stereocenters. The second kappa shape index (κ2) is 8.09. The molecule has 0 aliphatic carbocycles. The van der Waals surface area contributed by atoms with E-state index < -0.39 is 11.9 Å². The van der Waals surface area contributed by atoms with Crippen LogP contribution in [0.5, 0.6) is 0 Å². The Hall–Kier alpha value is -1.30. The minimum Gasteiger partial charge on any atom is -0.481 e. The number of rotatable bonds is 6. The summed E-state index contributed by atoms with van der Waals surface area (Å²) in [5.41, 5.74) is 0. The molecule has 20 heavy (non-hydrogen) atoms. The lowest BCUT2D eigenvalue weighted by Gasteiger charge is -2.32. The van der Waals surface area contributed by atoms with Crippen LogP contribution in [0.2, 0.25) is 0 Å². The lowest BCUT2D eigenvalue weighted by atomic mass is 9.96. The summed E-state index contributed by atoms with van der Waals surface area (Å²) in [4.78, 5) is 24.8. The van der Waals surface area contributed by atoms with Gasteiger partial charge in [-0.3, -0.25) is 4.79 Å². The van der Waals surface area contributed by atoms with E-state index in [2.05, 4.69) is 5.32 Å². The molecule has 6 nitrogen and oxygen atoms in total. The molecule has 1 aliphatic rings. The monoisotopic (exact) mass is 286 g/mol. The molecule has 0 bridgehead atoms. The molecule has 1 fully saturated rings. The molecule has 0 aromatic rings. The number of carbonyl (C=O) groups excluding carboxylic acids is 1. The van der Waals surface area contributed by atoms with Crippen molar-refractivity contribution in [3.8, 4) is 0 Å². The van der Waals surface area contributed by atoms with Crippen molar-refractivity contribution >= 4 is 12.0 Å². The fraction of sp³-hybridized carbons (Fsp3) is 0.857. The van der Waals surface area contributed by atoms with Gasteiger partial charge in [0.2, 0.25) is 0 Å². The highest BCUT2D eigenvalue weighted by Gasteiger charge is 2.25. The molecule has 0 aromatic heterocycles. The Morgan fingerprint density at radius 3 is 2.40 bits per heavy atom. The fourth-order valence-corrected chi connectivity index (χ4v) is 2.46. The Bertz CT molecular complexity index is 325. The van der Waals surface area contributed by atoms with Crippen LogP contribution in [0.25, 0.3) is 0 Å². The third kappa shape index (κ3) is 5.00. The van der Waals surface area contributed by atoms with Gasteiger partial charge in [0.25, 0.3) is 0 Å². The molecule has 0 radical (unpaired) electrons. The SMILES string of the molecule is COCC1CCN(C(=O)NCC(C(=O)O)C(C)C)CC1. The number of carboxylic acid groups (broad SMARTS) is 1. The Labute approximate surface area is 120 Å². The van der Waals surface area contributed by atoms with Gasteiger partial charge < -0.3 is 20.1 Å². The first-order chi connectivity index (χ1) is 9.45. The van der Waals surface area contributed by atoms with E-state index in [0.717, 1.165) is 19.4 Å². The smallest absolute Gasteiger partial charge is 0.317 e. The number of ether oxygens (including phenoxy) is 1. The number of aliphatic carboxylic acids is 1. The Balaban J connectivity index is 2.35. The van der Waals surface area contributed by atoms with Crippen molar-refractivity contribution in [2.45, 2.75) is 26.7 Å². The molecular weight excluding hydrogens is 260 g/mol. The van der Waals surface area contributed by atoms with Gasteiger partial charge in [-0.25, -0.2) is 4.79 Å². The molecule has 2 N–H and O–H groups in total. The van der Waals surface area contributed by atoms with Gasteiger partial charge in [-0.15, -0.1) is 0 Å². The number of hydrogen-bond donors (Lipinski definition) is 2. The number of nitrogens with one attached hydrogen (secondary N) is 1. The van der Waals surface area contributed by atoms with Gasteiger partial charge in [0.05, 0.1) is 5.92 Å². The van der Waals surface area contributed by atoms with Gasteiger partial charge in [0.1, 0.15) is 0 Å². The van der Waals surface area contributed by atoms with Gasteiger partial charge >= 0.3 is 12.0 Å². The summed E-state index contributed by atoms with van der Waals surface area (Å²) in [7, 11) is 1.69. The van der Waals surface area contributed by atoms with Crippen LogP contribution in [-0.2, 0) is 9.53 Å². The molecule has 0 aromatic carbocycles. The van der Waals surface area contributed by atoms with Crippen LogP contribution in [-0.4, -0.2) is 55.4 Å². The molecule has 1 rings (SSSR count). The van der Waals surface area contributed by atoms with Crippen molar-refractivity contribution < 1.29 is 19.4 Å². The summed E-state index contributed by atoms with van der Waals surface area (Å²) in [5, 5.41) is 11.8. The maximum atomic E-state index is 12.0. The standard InChI is InChI=1S/C14H26N2O4/c1-10(2)12(13(17)18)8-15-14(19)16-6-4-11(5-7-16)9-20-3/h10-12H,4-9H2,1-3H3,(H,15,19)(H,17,18). The van der Waals surface area contributed by atoms with Gasteiger partial charge in [0, 0.05) is 33.4 Å². The van der Waals surface area contributed by atoms with Crippen LogP contribution >= 0.6 is 0 Å². The molecule has 6 heteroatoms. The Kier molecular flexibility index (Phi) is 6.78. The van der Waals surface area contributed by atoms with Crippen LogP contribution in [0.1, 0.15) is 26.7 Å². The average Bonchev–Trinajstić information content (AvgIpc) is 2.39. The first kappa shape index (κ1) is 16.8. The molecule has 1 heterocycles. The number of nitrogens with zero attached hydrogens (tertiary/aromatic N) is 1. The summed E-state index contributed by atoms with van der Waals surface area (Å²) >= 11 is 0. The Morgan fingerprint density at radius 2 is 1.95 bits per heavy atom. The molecule has 0 saturated carbocycles. The van der Waals surface area contributed by atoms with E-state index >= 15 is 0 Å². The highest BCUT2D eigenvalue weighted by molar-refractivity contribution is 5.76. The lowest BCUT2D eigenvalue weighted by Crippen LogP contribution is -2.47. The fourth-order valence-electron chi connectivity index (χ4n) is 2.46. The number of likely N-dealkylation sites (tertiary alicyclic amines) is 1. The van der Waals surface area contributed by atoms with Crippen molar-refractivity contribution in [3.63, 3.8) is 0 Å². The Morgan fingerprint density at radius 1 is 1.35 bits per heavy atom. The van der Waals surface area contributed by atoms with E-state index in [1.54, 1.807) is 12.0 Å². The molecule has 2 amide bonds. The number of carboxylic acids is 1. The number of hydrogen-bond acceptors (Lipinski definition) is 3. The van der Waals surface area contributed by atoms with Crippen LogP contribution < -0.4 is 5.32 Å². The minimum absolute atomic E-state index is 0.000221. The average molecular weight is 286 g/mol. The number of amides is 2. The second-order valence-corrected chi connectivity index (χ2v) is 5.76. The number of carbonyl (C=O) groups is 2. The topological polar surface area (TPSA) is 78.9 Å². The molecule has 116 valence electrons. The van der Waals surface area contributed by atoms with Gasteiger partial charge in [-0.05, 0) is 24.7 Å². The molecule has 0 spiro atoms. The zero-order chi connectivity index (χ0) is 15.1. The molecule has 1 atom stereocenters. The minimum atomic E-state index is -0.862. The predicted octanol–water partition coefficient (Wildman–Crippen LogP) is 1.41. The summed E-state index contributed by atoms with van der Waals surface area (Å²) in [6, 6.07) is -0.159. The van der Waals surface area contributed by atoms with Gasteiger partial charge in [-0.1, -0.05) is 13.8 Å². The van der Waals surface area contributed by atoms with Gasteiger partial charge in [0.15, 0.2) is 0 Å².